The maximum atomic E-state index is 13.2. The van der Waals surface area contributed by atoms with Crippen molar-refractivity contribution in [2.45, 2.75) is 0 Å². The maximum Gasteiger partial charge on any atom is 0.151 e. The van der Waals surface area contributed by atoms with Gasteiger partial charge in [-0.2, -0.15) is 0 Å². The summed E-state index contributed by atoms with van der Waals surface area (Å²) < 4.78 is 26.3. The fourth-order valence-electron chi connectivity index (χ4n) is 0.950. The van der Waals surface area contributed by atoms with Crippen molar-refractivity contribution in [3.8, 4) is 0 Å². The lowest BCUT2D eigenvalue weighted by Crippen LogP contribution is -1.89. The van der Waals surface area contributed by atoms with E-state index >= 15 is 0 Å². The molecule has 0 aliphatic carbocycles. The molecule has 0 aliphatic rings. The highest BCUT2D eigenvalue weighted by atomic mass is 35.5. The summed E-state index contributed by atoms with van der Waals surface area (Å²) in [5, 5.41) is 3.03. The summed E-state index contributed by atoms with van der Waals surface area (Å²) in [6.45, 7) is 0.0297. The minimum absolute atomic E-state index is 0.0297. The van der Waals surface area contributed by atoms with Crippen LogP contribution in [0.25, 0.3) is 16.5 Å². The van der Waals surface area contributed by atoms with E-state index in [9.17, 15) is 8.78 Å². The van der Waals surface area contributed by atoms with Crippen molar-refractivity contribution < 1.29 is 8.78 Å². The molecular weight excluding hydrogens is 224 g/mol. The van der Waals surface area contributed by atoms with E-state index in [4.69, 9.17) is 17.1 Å². The molecule has 0 heterocycles. The van der Waals surface area contributed by atoms with Crippen molar-refractivity contribution in [2.24, 2.45) is 5.11 Å². The minimum atomic E-state index is -0.825. The van der Waals surface area contributed by atoms with Gasteiger partial charge in [0.05, 0.1) is 5.02 Å². The monoisotopic (exact) mass is 229 g/mol. The van der Waals surface area contributed by atoms with Crippen LogP contribution in [-0.2, 0) is 0 Å². The largest absolute Gasteiger partial charge is 0.206 e. The van der Waals surface area contributed by atoms with Crippen molar-refractivity contribution in [1.29, 1.82) is 0 Å². The second kappa shape index (κ2) is 5.34. The SMILES string of the molecule is [N-]=[N+]=NCC=Cc1c(F)ccc(Cl)c1F. The van der Waals surface area contributed by atoms with Crippen molar-refractivity contribution in [1.82, 2.24) is 0 Å². The van der Waals surface area contributed by atoms with E-state index in [1.54, 1.807) is 0 Å². The Morgan fingerprint density at radius 2 is 2.20 bits per heavy atom. The Kier molecular flexibility index (Phi) is 4.09. The molecule has 1 aromatic carbocycles. The van der Waals surface area contributed by atoms with Gasteiger partial charge >= 0.3 is 0 Å². The van der Waals surface area contributed by atoms with Crippen LogP contribution in [-0.4, -0.2) is 6.54 Å². The van der Waals surface area contributed by atoms with Crippen LogP contribution in [0, 0.1) is 11.6 Å². The average molecular weight is 230 g/mol. The van der Waals surface area contributed by atoms with E-state index in [1.807, 2.05) is 0 Å². The van der Waals surface area contributed by atoms with Crippen molar-refractivity contribution in [3.05, 3.63) is 50.9 Å². The molecule has 0 aliphatic heterocycles. The van der Waals surface area contributed by atoms with Gasteiger partial charge < -0.3 is 0 Å². The van der Waals surface area contributed by atoms with Crippen LogP contribution < -0.4 is 0 Å². The molecule has 0 bridgehead atoms. The van der Waals surface area contributed by atoms with Gasteiger partial charge in [-0.1, -0.05) is 28.9 Å². The maximum absolute atomic E-state index is 13.2. The highest BCUT2D eigenvalue weighted by Crippen LogP contribution is 2.21. The molecule has 0 unspecified atom stereocenters. The Hall–Kier alpha value is -1.58. The number of benzene rings is 1. The van der Waals surface area contributed by atoms with Crippen molar-refractivity contribution >= 4 is 17.7 Å². The zero-order valence-electron chi connectivity index (χ0n) is 7.49. The molecule has 0 amide bonds. The molecule has 78 valence electrons. The first-order valence-corrected chi connectivity index (χ1v) is 4.35. The first-order chi connectivity index (χ1) is 7.16. The van der Waals surface area contributed by atoms with Crippen LogP contribution in [0.5, 0.6) is 0 Å². The second-order valence-electron chi connectivity index (χ2n) is 2.57. The highest BCUT2D eigenvalue weighted by molar-refractivity contribution is 6.30. The molecule has 1 aromatic rings. The molecule has 0 radical (unpaired) electrons. The summed E-state index contributed by atoms with van der Waals surface area (Å²) in [5.41, 5.74) is 7.73. The van der Waals surface area contributed by atoms with Gasteiger partial charge in [-0.3, -0.25) is 0 Å². The van der Waals surface area contributed by atoms with Gasteiger partial charge in [0, 0.05) is 17.0 Å². The predicted molar refractivity (Wildman–Crippen MR) is 54.4 cm³/mol. The van der Waals surface area contributed by atoms with Crippen LogP contribution in [0.3, 0.4) is 0 Å². The van der Waals surface area contributed by atoms with E-state index < -0.39 is 11.6 Å². The molecular formula is C9H6ClF2N3. The summed E-state index contributed by atoms with van der Waals surface area (Å²) in [5.74, 6) is -1.54. The van der Waals surface area contributed by atoms with Gasteiger partial charge in [0.2, 0.25) is 0 Å². The lowest BCUT2D eigenvalue weighted by Gasteiger charge is -2.00. The summed E-state index contributed by atoms with van der Waals surface area (Å²) in [6, 6.07) is 2.20. The van der Waals surface area contributed by atoms with Crippen LogP contribution in [0.4, 0.5) is 8.78 Å². The lowest BCUT2D eigenvalue weighted by atomic mass is 10.2. The van der Waals surface area contributed by atoms with Gasteiger partial charge in [0.25, 0.3) is 0 Å². The molecule has 3 nitrogen and oxygen atoms in total. The smallest absolute Gasteiger partial charge is 0.151 e. The van der Waals surface area contributed by atoms with Gasteiger partial charge in [-0.15, -0.1) is 0 Å². The molecule has 0 atom stereocenters. The fourth-order valence-corrected chi connectivity index (χ4v) is 1.11. The number of hydrogen-bond donors (Lipinski definition) is 0. The average Bonchev–Trinajstić information content (AvgIpc) is 2.23. The van der Waals surface area contributed by atoms with E-state index in [0.29, 0.717) is 0 Å². The number of azide groups is 1. The Morgan fingerprint density at radius 3 is 2.87 bits per heavy atom. The molecule has 0 saturated heterocycles. The number of rotatable bonds is 3. The fraction of sp³-hybridized carbons (Fsp3) is 0.111. The van der Waals surface area contributed by atoms with Gasteiger partial charge in [-0.05, 0) is 17.7 Å². The van der Waals surface area contributed by atoms with E-state index in [-0.39, 0.29) is 17.1 Å². The number of nitrogens with zero attached hydrogens (tertiary/aromatic N) is 3. The Labute approximate surface area is 89.6 Å². The molecule has 0 N–H and O–H groups in total. The highest BCUT2D eigenvalue weighted by Gasteiger charge is 2.08. The molecule has 0 spiro atoms. The topological polar surface area (TPSA) is 48.8 Å². The van der Waals surface area contributed by atoms with Gasteiger partial charge in [-0.25, -0.2) is 8.78 Å². The Balaban J connectivity index is 2.98. The van der Waals surface area contributed by atoms with Crippen LogP contribution in [0.15, 0.2) is 23.3 Å². The first-order valence-electron chi connectivity index (χ1n) is 3.97. The summed E-state index contributed by atoms with van der Waals surface area (Å²) in [6.07, 6.45) is 2.53. The molecule has 6 heteroatoms. The number of hydrogen-bond acceptors (Lipinski definition) is 1. The first kappa shape index (κ1) is 11.5. The molecule has 1 rings (SSSR count). The summed E-state index contributed by atoms with van der Waals surface area (Å²) >= 11 is 5.47. The molecule has 0 saturated carbocycles. The van der Waals surface area contributed by atoms with E-state index in [1.165, 1.54) is 12.2 Å². The normalized spacial score (nSPS) is 10.3. The zero-order chi connectivity index (χ0) is 11.3. The molecule has 0 aromatic heterocycles. The Morgan fingerprint density at radius 1 is 1.47 bits per heavy atom. The zero-order valence-corrected chi connectivity index (χ0v) is 8.25. The number of halogens is 3. The molecule has 0 fully saturated rings. The minimum Gasteiger partial charge on any atom is -0.206 e. The summed E-state index contributed by atoms with van der Waals surface area (Å²) in [4.78, 5) is 2.49. The second-order valence-corrected chi connectivity index (χ2v) is 2.98. The summed E-state index contributed by atoms with van der Waals surface area (Å²) in [7, 11) is 0. The van der Waals surface area contributed by atoms with Crippen LogP contribution >= 0.6 is 11.6 Å². The van der Waals surface area contributed by atoms with Crippen molar-refractivity contribution in [3.63, 3.8) is 0 Å². The van der Waals surface area contributed by atoms with Crippen molar-refractivity contribution in [2.75, 3.05) is 6.54 Å². The van der Waals surface area contributed by atoms with Crippen LogP contribution in [0.1, 0.15) is 5.56 Å². The third kappa shape index (κ3) is 2.94. The third-order valence-corrected chi connectivity index (χ3v) is 1.91. The van der Waals surface area contributed by atoms with E-state index in [0.717, 1.165) is 12.1 Å². The third-order valence-electron chi connectivity index (χ3n) is 1.61. The molecule has 15 heavy (non-hydrogen) atoms. The van der Waals surface area contributed by atoms with Gasteiger partial charge in [0.15, 0.2) is 5.82 Å². The van der Waals surface area contributed by atoms with Crippen LogP contribution in [0.2, 0.25) is 5.02 Å². The lowest BCUT2D eigenvalue weighted by molar-refractivity contribution is 0.579. The predicted octanol–water partition coefficient (Wildman–Crippen LogP) is 3.94. The van der Waals surface area contributed by atoms with Gasteiger partial charge in [0.1, 0.15) is 5.82 Å². The quantitative estimate of drug-likeness (QED) is 0.326. The van der Waals surface area contributed by atoms with E-state index in [2.05, 4.69) is 10.0 Å². The Bertz CT molecular complexity index is 439. The standard InChI is InChI=1S/C9H6ClF2N3/c10-7-3-4-8(11)6(9(7)12)2-1-5-14-15-13/h1-4H,5H2.